The van der Waals surface area contributed by atoms with Gasteiger partial charge in [0.1, 0.15) is 0 Å². The quantitative estimate of drug-likeness (QED) is 0.683. The minimum atomic E-state index is 0.622. The largest absolute Gasteiger partial charge is 0.303 e. The molecule has 136 valence electrons. The zero-order chi connectivity index (χ0) is 16.9. The summed E-state index contributed by atoms with van der Waals surface area (Å²) >= 11 is 1.64. The van der Waals surface area contributed by atoms with Crippen LogP contribution >= 0.6 is 12.1 Å². The molecular formula is C21H31N3S. The summed E-state index contributed by atoms with van der Waals surface area (Å²) in [7, 11) is 0. The standard InChI is InChI=1S/C21H31N3S/c1-2-4-8-18(9-5-3-1)17-23-14-12-20(13-15-23)24-21-11-7-6-10-19(21)16-22-25-24/h6-7,10-11,16,18,20H,1-5,8-9,12-15,17H2. The average Bonchev–Trinajstić information content (AvgIpc) is 2.64. The van der Waals surface area contributed by atoms with Crippen molar-refractivity contribution in [3.63, 3.8) is 0 Å². The Hall–Kier alpha value is -1.00. The van der Waals surface area contributed by atoms with E-state index in [0.29, 0.717) is 6.04 Å². The van der Waals surface area contributed by atoms with Gasteiger partial charge in [-0.3, -0.25) is 4.31 Å². The minimum Gasteiger partial charge on any atom is -0.303 e. The minimum absolute atomic E-state index is 0.622. The Morgan fingerprint density at radius 3 is 2.44 bits per heavy atom. The number of rotatable bonds is 3. The highest BCUT2D eigenvalue weighted by Gasteiger charge is 2.28. The van der Waals surface area contributed by atoms with Gasteiger partial charge < -0.3 is 4.90 Å². The van der Waals surface area contributed by atoms with Crippen LogP contribution in [0.2, 0.25) is 0 Å². The van der Waals surface area contributed by atoms with E-state index in [1.165, 1.54) is 88.7 Å². The number of anilines is 1. The van der Waals surface area contributed by atoms with Crippen LogP contribution in [0, 0.1) is 5.92 Å². The first-order valence-corrected chi connectivity index (χ1v) is 10.9. The zero-order valence-corrected chi connectivity index (χ0v) is 16.1. The summed E-state index contributed by atoms with van der Waals surface area (Å²) in [5.41, 5.74) is 2.61. The molecule has 0 atom stereocenters. The van der Waals surface area contributed by atoms with Gasteiger partial charge >= 0.3 is 0 Å². The van der Waals surface area contributed by atoms with E-state index in [9.17, 15) is 0 Å². The van der Waals surface area contributed by atoms with Gasteiger partial charge in [-0.15, -0.1) is 0 Å². The van der Waals surface area contributed by atoms with E-state index >= 15 is 0 Å². The van der Waals surface area contributed by atoms with Gasteiger partial charge in [0.2, 0.25) is 0 Å². The Bertz CT molecular complexity index is 572. The molecule has 0 spiro atoms. The maximum Gasteiger partial charge on any atom is 0.0932 e. The number of likely N-dealkylation sites (tertiary alicyclic amines) is 1. The molecule has 0 N–H and O–H groups in total. The molecule has 0 amide bonds. The smallest absolute Gasteiger partial charge is 0.0932 e. The van der Waals surface area contributed by atoms with Crippen LogP contribution in [-0.2, 0) is 0 Å². The summed E-state index contributed by atoms with van der Waals surface area (Å²) in [5, 5.41) is 0. The monoisotopic (exact) mass is 357 g/mol. The molecule has 4 heteroatoms. The van der Waals surface area contributed by atoms with Crippen molar-refractivity contribution in [2.24, 2.45) is 10.3 Å². The molecule has 25 heavy (non-hydrogen) atoms. The van der Waals surface area contributed by atoms with Gasteiger partial charge in [0.15, 0.2) is 0 Å². The fourth-order valence-corrected chi connectivity index (χ4v) is 5.52. The summed E-state index contributed by atoms with van der Waals surface area (Å²) < 4.78 is 6.97. The molecule has 1 aromatic rings. The Morgan fingerprint density at radius 1 is 0.920 bits per heavy atom. The molecule has 3 aliphatic rings. The van der Waals surface area contributed by atoms with Gasteiger partial charge in [0, 0.05) is 37.5 Å². The molecular weight excluding hydrogens is 326 g/mol. The fourth-order valence-electron chi connectivity index (χ4n) is 4.66. The van der Waals surface area contributed by atoms with Crippen molar-refractivity contribution in [2.75, 3.05) is 23.9 Å². The van der Waals surface area contributed by atoms with Crippen LogP contribution in [0.4, 0.5) is 5.69 Å². The number of piperidine rings is 1. The van der Waals surface area contributed by atoms with E-state index in [-0.39, 0.29) is 0 Å². The third kappa shape index (κ3) is 4.40. The Kier molecular flexibility index (Phi) is 5.98. The van der Waals surface area contributed by atoms with Gasteiger partial charge in [0.05, 0.1) is 17.8 Å². The number of para-hydroxylation sites is 1. The van der Waals surface area contributed by atoms with Crippen LogP contribution in [0.1, 0.15) is 63.4 Å². The molecule has 3 nitrogen and oxygen atoms in total. The van der Waals surface area contributed by atoms with Crippen molar-refractivity contribution in [3.8, 4) is 0 Å². The lowest BCUT2D eigenvalue weighted by molar-refractivity contribution is 0.171. The van der Waals surface area contributed by atoms with Gasteiger partial charge in [0.25, 0.3) is 0 Å². The molecule has 2 heterocycles. The molecule has 1 aromatic carbocycles. The van der Waals surface area contributed by atoms with E-state index < -0.39 is 0 Å². The molecule has 2 aliphatic heterocycles. The second-order valence-electron chi connectivity index (χ2n) is 7.94. The highest BCUT2D eigenvalue weighted by atomic mass is 32.2. The predicted molar refractivity (Wildman–Crippen MR) is 109 cm³/mol. The number of fused-ring (bicyclic) bond motifs is 1. The van der Waals surface area contributed by atoms with Crippen molar-refractivity contribution < 1.29 is 0 Å². The summed E-state index contributed by atoms with van der Waals surface area (Å²) in [5.74, 6) is 0.950. The van der Waals surface area contributed by atoms with Gasteiger partial charge in [-0.25, -0.2) is 4.40 Å². The Morgan fingerprint density at radius 2 is 1.64 bits per heavy atom. The number of nitrogens with zero attached hydrogens (tertiary/aromatic N) is 3. The number of hydrogen-bond acceptors (Lipinski definition) is 4. The zero-order valence-electron chi connectivity index (χ0n) is 15.3. The number of hydrogen-bond donors (Lipinski definition) is 0. The molecule has 1 aliphatic carbocycles. The van der Waals surface area contributed by atoms with E-state index in [1.807, 2.05) is 6.21 Å². The van der Waals surface area contributed by atoms with Crippen molar-refractivity contribution in [1.29, 1.82) is 0 Å². The van der Waals surface area contributed by atoms with E-state index in [0.717, 1.165) is 5.92 Å². The first-order valence-electron chi connectivity index (χ1n) is 10.2. The van der Waals surface area contributed by atoms with Crippen molar-refractivity contribution in [1.82, 2.24) is 4.90 Å². The first-order chi connectivity index (χ1) is 12.4. The molecule has 1 saturated heterocycles. The SMILES string of the molecule is C1=NSN(C2CCN(CC3CCCCCCC3)CC2)c2ccccc21. The van der Waals surface area contributed by atoms with E-state index in [1.54, 1.807) is 12.1 Å². The predicted octanol–water partition coefficient (Wildman–Crippen LogP) is 5.31. The second kappa shape index (κ2) is 8.59. The van der Waals surface area contributed by atoms with Crippen LogP contribution in [0.5, 0.6) is 0 Å². The molecule has 2 fully saturated rings. The average molecular weight is 358 g/mol. The summed E-state index contributed by atoms with van der Waals surface area (Å²) in [6.07, 6.45) is 14.8. The molecule has 0 radical (unpaired) electrons. The first kappa shape index (κ1) is 17.4. The maximum absolute atomic E-state index is 4.51. The van der Waals surface area contributed by atoms with Crippen molar-refractivity contribution >= 4 is 24.0 Å². The Balaban J connectivity index is 1.30. The van der Waals surface area contributed by atoms with E-state index in [2.05, 4.69) is 37.9 Å². The molecule has 4 rings (SSSR count). The molecule has 0 aromatic heterocycles. The molecule has 0 bridgehead atoms. The fraction of sp³-hybridized carbons (Fsp3) is 0.667. The maximum atomic E-state index is 4.51. The lowest BCUT2D eigenvalue weighted by Crippen LogP contribution is -2.44. The van der Waals surface area contributed by atoms with Gasteiger partial charge in [-0.05, 0) is 37.7 Å². The van der Waals surface area contributed by atoms with Gasteiger partial charge in [-0.1, -0.05) is 50.3 Å². The summed E-state index contributed by atoms with van der Waals surface area (Å²) in [6, 6.07) is 9.30. The second-order valence-corrected chi connectivity index (χ2v) is 8.71. The highest BCUT2D eigenvalue weighted by Crippen LogP contribution is 2.35. The van der Waals surface area contributed by atoms with Crippen molar-refractivity contribution in [3.05, 3.63) is 29.8 Å². The third-order valence-corrected chi connectivity index (χ3v) is 7.00. The lowest BCUT2D eigenvalue weighted by atomic mass is 9.90. The van der Waals surface area contributed by atoms with Crippen LogP contribution < -0.4 is 4.31 Å². The number of benzene rings is 1. The van der Waals surface area contributed by atoms with Crippen LogP contribution in [0.15, 0.2) is 28.7 Å². The topological polar surface area (TPSA) is 18.8 Å². The van der Waals surface area contributed by atoms with Gasteiger partial charge in [-0.2, -0.15) is 0 Å². The summed E-state index contributed by atoms with van der Waals surface area (Å²) in [4.78, 5) is 2.74. The normalized spacial score (nSPS) is 23.9. The van der Waals surface area contributed by atoms with E-state index in [4.69, 9.17) is 0 Å². The summed E-state index contributed by atoms with van der Waals surface area (Å²) in [6.45, 7) is 3.85. The highest BCUT2D eigenvalue weighted by molar-refractivity contribution is 7.99. The Labute approximate surface area is 157 Å². The molecule has 0 unspecified atom stereocenters. The third-order valence-electron chi connectivity index (χ3n) is 6.13. The van der Waals surface area contributed by atoms with Crippen LogP contribution in [0.25, 0.3) is 0 Å². The van der Waals surface area contributed by atoms with Crippen LogP contribution in [-0.4, -0.2) is 36.8 Å². The van der Waals surface area contributed by atoms with Crippen molar-refractivity contribution in [2.45, 2.75) is 63.8 Å². The lowest BCUT2D eigenvalue weighted by Gasteiger charge is -2.40. The molecule has 1 saturated carbocycles. The van der Waals surface area contributed by atoms with Crippen LogP contribution in [0.3, 0.4) is 0 Å².